The van der Waals surface area contributed by atoms with Crippen LogP contribution in [0.15, 0.2) is 95.3 Å². The van der Waals surface area contributed by atoms with Gasteiger partial charge in [0.1, 0.15) is 5.75 Å². The molecule has 0 aliphatic heterocycles. The van der Waals surface area contributed by atoms with Crippen LogP contribution < -0.4 is 14.3 Å². The predicted molar refractivity (Wildman–Crippen MR) is 130 cm³/mol. The zero-order chi connectivity index (χ0) is 23.4. The molecular formula is C24H21N3O4S2. The molecule has 0 radical (unpaired) electrons. The molecule has 1 amide bonds. The third-order valence-electron chi connectivity index (χ3n) is 4.84. The second-order valence-corrected chi connectivity index (χ2v) is 9.72. The molecule has 0 bridgehead atoms. The van der Waals surface area contributed by atoms with Gasteiger partial charge in [-0.05, 0) is 54.6 Å². The van der Waals surface area contributed by atoms with Gasteiger partial charge in [0.2, 0.25) is 0 Å². The summed E-state index contributed by atoms with van der Waals surface area (Å²) in [6.07, 6.45) is 1.74. The molecule has 0 aliphatic carbocycles. The Hall–Kier alpha value is -3.69. The lowest BCUT2D eigenvalue weighted by Gasteiger charge is -2.08. The van der Waals surface area contributed by atoms with E-state index in [0.29, 0.717) is 22.6 Å². The molecule has 3 aromatic carbocycles. The largest absolute Gasteiger partial charge is 0.497 e. The van der Waals surface area contributed by atoms with Crippen molar-refractivity contribution in [3.63, 3.8) is 0 Å². The van der Waals surface area contributed by atoms with Gasteiger partial charge in [0.05, 0.1) is 22.2 Å². The summed E-state index contributed by atoms with van der Waals surface area (Å²) in [5, 5.41) is 0. The van der Waals surface area contributed by atoms with Crippen molar-refractivity contribution in [3.05, 3.63) is 95.8 Å². The molecule has 9 heteroatoms. The number of carbonyl (C=O) groups excluding carboxylic acids is 1. The van der Waals surface area contributed by atoms with Gasteiger partial charge < -0.3 is 9.30 Å². The van der Waals surface area contributed by atoms with E-state index >= 15 is 0 Å². The number of hydrogen-bond acceptors (Lipinski definition) is 5. The van der Waals surface area contributed by atoms with Crippen LogP contribution in [0.2, 0.25) is 0 Å². The van der Waals surface area contributed by atoms with E-state index < -0.39 is 15.9 Å². The van der Waals surface area contributed by atoms with E-state index in [0.717, 1.165) is 16.0 Å². The molecule has 168 valence electrons. The highest BCUT2D eigenvalue weighted by atomic mass is 32.2. The van der Waals surface area contributed by atoms with E-state index in [1.54, 1.807) is 43.5 Å². The van der Waals surface area contributed by atoms with Crippen LogP contribution in [0.5, 0.6) is 5.75 Å². The van der Waals surface area contributed by atoms with Gasteiger partial charge in [-0.2, -0.15) is 4.99 Å². The quantitative estimate of drug-likeness (QED) is 0.397. The maximum Gasteiger partial charge on any atom is 0.279 e. The lowest BCUT2D eigenvalue weighted by Crippen LogP contribution is -2.16. The number of amides is 1. The number of ether oxygens (including phenoxy) is 1. The number of nitrogens with one attached hydrogen (secondary N) is 1. The standard InChI is InChI=1S/C24H21N3O4S2/c1-3-15-27-21-14-13-19(31-2)16-22(21)32-24(27)25-23(28)17-9-11-18(12-10-17)26-33(29,30)20-7-5-4-6-8-20/h3-14,16,26H,1,15H2,2H3. The highest BCUT2D eigenvalue weighted by Crippen LogP contribution is 2.23. The minimum absolute atomic E-state index is 0.160. The number of fused-ring (bicyclic) bond motifs is 1. The lowest BCUT2D eigenvalue weighted by atomic mass is 10.2. The third-order valence-corrected chi connectivity index (χ3v) is 7.27. The predicted octanol–water partition coefficient (Wildman–Crippen LogP) is 4.44. The SMILES string of the molecule is C=CCn1c(=NC(=O)c2ccc(NS(=O)(=O)c3ccccc3)cc2)sc2cc(OC)ccc21. The Balaban J connectivity index is 1.62. The van der Waals surface area contributed by atoms with E-state index in [1.165, 1.54) is 35.6 Å². The molecule has 0 aliphatic rings. The maximum atomic E-state index is 12.8. The van der Waals surface area contributed by atoms with Gasteiger partial charge in [-0.1, -0.05) is 35.6 Å². The molecule has 0 spiro atoms. The summed E-state index contributed by atoms with van der Waals surface area (Å²) in [7, 11) is -2.11. The van der Waals surface area contributed by atoms with Gasteiger partial charge in [0.25, 0.3) is 15.9 Å². The first-order chi connectivity index (χ1) is 15.9. The van der Waals surface area contributed by atoms with E-state index in [-0.39, 0.29) is 4.90 Å². The number of benzene rings is 3. The van der Waals surface area contributed by atoms with Crippen molar-refractivity contribution in [1.29, 1.82) is 0 Å². The molecule has 0 saturated heterocycles. The number of carbonyl (C=O) groups is 1. The van der Waals surface area contributed by atoms with Crippen molar-refractivity contribution in [1.82, 2.24) is 4.57 Å². The molecule has 0 atom stereocenters. The molecule has 1 aromatic heterocycles. The van der Waals surface area contributed by atoms with Crippen LogP contribution in [0.1, 0.15) is 10.4 Å². The van der Waals surface area contributed by atoms with Crippen molar-refractivity contribution < 1.29 is 17.9 Å². The molecule has 0 saturated carbocycles. The van der Waals surface area contributed by atoms with E-state index in [1.807, 2.05) is 22.8 Å². The van der Waals surface area contributed by atoms with Crippen molar-refractivity contribution in [2.75, 3.05) is 11.8 Å². The Morgan fingerprint density at radius 3 is 2.52 bits per heavy atom. The Morgan fingerprint density at radius 1 is 1.12 bits per heavy atom. The van der Waals surface area contributed by atoms with E-state index in [9.17, 15) is 13.2 Å². The summed E-state index contributed by atoms with van der Waals surface area (Å²) in [5.74, 6) is 0.296. The summed E-state index contributed by atoms with van der Waals surface area (Å²) in [6.45, 7) is 4.29. The van der Waals surface area contributed by atoms with Crippen molar-refractivity contribution in [3.8, 4) is 5.75 Å². The Bertz CT molecular complexity index is 1490. The monoisotopic (exact) mass is 479 g/mol. The van der Waals surface area contributed by atoms with Gasteiger partial charge in [0, 0.05) is 17.8 Å². The van der Waals surface area contributed by atoms with E-state index in [2.05, 4.69) is 16.3 Å². The van der Waals surface area contributed by atoms with Crippen LogP contribution >= 0.6 is 11.3 Å². The van der Waals surface area contributed by atoms with Crippen LogP contribution in [-0.4, -0.2) is 26.0 Å². The average Bonchev–Trinajstić information content (AvgIpc) is 3.16. The summed E-state index contributed by atoms with van der Waals surface area (Å²) < 4.78 is 35.6. The lowest BCUT2D eigenvalue weighted by molar-refractivity contribution is 0.0998. The Labute approximate surface area is 195 Å². The third kappa shape index (κ3) is 4.89. The second-order valence-electron chi connectivity index (χ2n) is 7.03. The van der Waals surface area contributed by atoms with E-state index in [4.69, 9.17) is 4.74 Å². The van der Waals surface area contributed by atoms with Crippen LogP contribution in [0.25, 0.3) is 10.2 Å². The normalized spacial score (nSPS) is 12.0. The molecule has 33 heavy (non-hydrogen) atoms. The van der Waals surface area contributed by atoms with Gasteiger partial charge in [-0.25, -0.2) is 8.42 Å². The number of thiazole rings is 1. The van der Waals surface area contributed by atoms with Gasteiger partial charge >= 0.3 is 0 Å². The molecule has 1 N–H and O–H groups in total. The van der Waals surface area contributed by atoms with Crippen LogP contribution in [0, 0.1) is 0 Å². The maximum absolute atomic E-state index is 12.8. The zero-order valence-corrected chi connectivity index (χ0v) is 19.4. The minimum Gasteiger partial charge on any atom is -0.497 e. The molecule has 4 aromatic rings. The topological polar surface area (TPSA) is 89.8 Å². The highest BCUT2D eigenvalue weighted by molar-refractivity contribution is 7.92. The fourth-order valence-corrected chi connectivity index (χ4v) is 5.36. The fourth-order valence-electron chi connectivity index (χ4n) is 3.22. The second kappa shape index (κ2) is 9.43. The number of aromatic nitrogens is 1. The number of anilines is 1. The van der Waals surface area contributed by atoms with Crippen LogP contribution in [0.4, 0.5) is 5.69 Å². The van der Waals surface area contributed by atoms with Gasteiger partial charge in [0.15, 0.2) is 4.80 Å². The first kappa shape index (κ1) is 22.5. The van der Waals surface area contributed by atoms with Gasteiger partial charge in [-0.15, -0.1) is 6.58 Å². The molecule has 1 heterocycles. The fraction of sp³-hybridized carbons (Fsp3) is 0.0833. The first-order valence-corrected chi connectivity index (χ1v) is 12.3. The molecular weight excluding hydrogens is 458 g/mol. The van der Waals surface area contributed by atoms with Crippen molar-refractivity contribution >= 4 is 43.2 Å². The summed E-state index contributed by atoms with van der Waals surface area (Å²) in [4.78, 5) is 17.8. The molecule has 0 unspecified atom stereocenters. The number of allylic oxidation sites excluding steroid dienone is 1. The number of sulfonamides is 1. The number of hydrogen-bond donors (Lipinski definition) is 1. The van der Waals surface area contributed by atoms with Gasteiger partial charge in [-0.3, -0.25) is 9.52 Å². The Morgan fingerprint density at radius 2 is 1.85 bits per heavy atom. The van der Waals surface area contributed by atoms with Crippen LogP contribution in [0.3, 0.4) is 0 Å². The number of methoxy groups -OCH3 is 1. The smallest absolute Gasteiger partial charge is 0.279 e. The first-order valence-electron chi connectivity index (χ1n) is 9.96. The van der Waals surface area contributed by atoms with Crippen molar-refractivity contribution in [2.45, 2.75) is 11.4 Å². The number of nitrogens with zero attached hydrogens (tertiary/aromatic N) is 2. The molecule has 4 rings (SSSR count). The minimum atomic E-state index is -3.71. The highest BCUT2D eigenvalue weighted by Gasteiger charge is 2.14. The average molecular weight is 480 g/mol. The summed E-state index contributed by atoms with van der Waals surface area (Å²) in [6, 6.07) is 19.9. The van der Waals surface area contributed by atoms with Crippen molar-refractivity contribution in [2.24, 2.45) is 4.99 Å². The molecule has 0 fully saturated rings. The summed E-state index contributed by atoms with van der Waals surface area (Å²) >= 11 is 1.38. The molecule has 7 nitrogen and oxygen atoms in total. The number of rotatable bonds is 7. The summed E-state index contributed by atoms with van der Waals surface area (Å²) in [5.41, 5.74) is 1.63. The Kier molecular flexibility index (Phi) is 6.43. The van der Waals surface area contributed by atoms with Crippen LogP contribution in [-0.2, 0) is 16.6 Å². The zero-order valence-electron chi connectivity index (χ0n) is 17.8.